The molecule has 0 aliphatic rings. The molecule has 0 bridgehead atoms. The van der Waals surface area contributed by atoms with Crippen molar-refractivity contribution in [2.45, 2.75) is 291 Å². The molecule has 0 fully saturated rings. The lowest BCUT2D eigenvalue weighted by Gasteiger charge is -2.18. The average Bonchev–Trinajstić information content (AvgIpc) is 3.21. The van der Waals surface area contributed by atoms with Crippen molar-refractivity contribution in [1.82, 2.24) is 0 Å². The molecule has 0 heterocycles. The largest absolute Gasteiger partial charge is 0.462 e. The summed E-state index contributed by atoms with van der Waals surface area (Å²) in [5.74, 6) is 0.837. The Kier molecular flexibility index (Phi) is 43.7. The lowest BCUT2D eigenvalue weighted by molar-refractivity contribution is -0.167. The van der Waals surface area contributed by atoms with Gasteiger partial charge in [0.25, 0.3) is 0 Å². The second-order valence-corrected chi connectivity index (χ2v) is 18.5. The van der Waals surface area contributed by atoms with Gasteiger partial charge in [-0.15, -0.1) is 0 Å². The van der Waals surface area contributed by atoms with E-state index in [1.165, 1.54) is 173 Å². The van der Waals surface area contributed by atoms with Crippen LogP contribution in [0.25, 0.3) is 0 Å². The summed E-state index contributed by atoms with van der Waals surface area (Å²) in [6, 6.07) is 0. The highest BCUT2D eigenvalue weighted by Crippen LogP contribution is 2.18. The number of hydrogen-bond donors (Lipinski definition) is 0. The zero-order chi connectivity index (χ0) is 42.6. The van der Waals surface area contributed by atoms with Gasteiger partial charge < -0.3 is 14.2 Å². The first kappa shape index (κ1) is 56.4. The quantitative estimate of drug-likeness (QED) is 0.0346. The Labute approximate surface area is 361 Å². The molecule has 6 heteroatoms. The number of unbranched alkanes of at least 4 members (excludes halogenated alkanes) is 30. The number of carbonyl (C=O) groups is 3. The highest BCUT2D eigenvalue weighted by molar-refractivity contribution is 5.71. The van der Waals surface area contributed by atoms with Gasteiger partial charge in [0.2, 0.25) is 0 Å². The average molecular weight is 821 g/mol. The fourth-order valence-electron chi connectivity index (χ4n) is 7.78. The highest BCUT2D eigenvalue weighted by Gasteiger charge is 2.19. The minimum atomic E-state index is -0.761. The normalized spacial score (nSPS) is 12.5. The van der Waals surface area contributed by atoms with Crippen molar-refractivity contribution in [2.24, 2.45) is 11.8 Å². The summed E-state index contributed by atoms with van der Waals surface area (Å²) in [6.45, 7) is 11.4. The molecule has 6 nitrogen and oxygen atoms in total. The van der Waals surface area contributed by atoms with E-state index in [0.717, 1.165) is 69.6 Å². The predicted molar refractivity (Wildman–Crippen MR) is 247 cm³/mol. The summed E-state index contributed by atoms with van der Waals surface area (Å²) in [5, 5.41) is 0. The predicted octanol–water partition coefficient (Wildman–Crippen LogP) is 16.5. The van der Waals surface area contributed by atoms with Gasteiger partial charge in [-0.1, -0.05) is 247 Å². The molecule has 0 spiro atoms. The van der Waals surface area contributed by atoms with E-state index in [9.17, 15) is 14.4 Å². The topological polar surface area (TPSA) is 78.9 Å². The first-order chi connectivity index (χ1) is 28.3. The van der Waals surface area contributed by atoms with Crippen LogP contribution in [0, 0.1) is 11.8 Å². The molecule has 0 amide bonds. The summed E-state index contributed by atoms with van der Waals surface area (Å²) in [7, 11) is 0. The van der Waals surface area contributed by atoms with Crippen molar-refractivity contribution in [1.29, 1.82) is 0 Å². The zero-order valence-electron chi connectivity index (χ0n) is 39.7. The van der Waals surface area contributed by atoms with Gasteiger partial charge >= 0.3 is 17.9 Å². The molecule has 0 aromatic heterocycles. The summed E-state index contributed by atoms with van der Waals surface area (Å²) in [5.41, 5.74) is 0. The van der Waals surface area contributed by atoms with E-state index in [1.54, 1.807) is 0 Å². The van der Waals surface area contributed by atoms with Crippen LogP contribution in [-0.2, 0) is 28.6 Å². The molecule has 0 aliphatic heterocycles. The molecule has 0 aromatic carbocycles. The zero-order valence-corrected chi connectivity index (χ0v) is 39.7. The maximum atomic E-state index is 12.8. The van der Waals surface area contributed by atoms with E-state index < -0.39 is 6.10 Å². The van der Waals surface area contributed by atoms with E-state index in [4.69, 9.17) is 14.2 Å². The van der Waals surface area contributed by atoms with Gasteiger partial charge in [0.05, 0.1) is 0 Å². The van der Waals surface area contributed by atoms with Crippen LogP contribution in [0.3, 0.4) is 0 Å². The van der Waals surface area contributed by atoms with E-state index in [0.29, 0.717) is 19.3 Å². The molecule has 1 unspecified atom stereocenters. The van der Waals surface area contributed by atoms with Crippen LogP contribution in [0.2, 0.25) is 0 Å². The van der Waals surface area contributed by atoms with Crippen LogP contribution in [0.5, 0.6) is 0 Å². The Morgan fingerprint density at radius 2 is 0.655 bits per heavy atom. The van der Waals surface area contributed by atoms with E-state index in [-0.39, 0.29) is 31.1 Å². The molecule has 0 radical (unpaired) electrons. The molecule has 58 heavy (non-hydrogen) atoms. The van der Waals surface area contributed by atoms with Crippen molar-refractivity contribution in [3.8, 4) is 0 Å². The molecule has 0 saturated heterocycles. The molecule has 0 rings (SSSR count). The van der Waals surface area contributed by atoms with E-state index in [1.807, 2.05) is 0 Å². The molecule has 2 atom stereocenters. The number of hydrogen-bond acceptors (Lipinski definition) is 6. The Morgan fingerprint density at radius 3 is 0.983 bits per heavy atom. The van der Waals surface area contributed by atoms with Gasteiger partial charge in [-0.3, -0.25) is 14.4 Å². The Balaban J connectivity index is 4.33. The summed E-state index contributed by atoms with van der Waals surface area (Å²) < 4.78 is 16.8. The molecule has 344 valence electrons. The standard InChI is InChI=1S/C52H100O6/c1-6-8-9-10-11-12-13-14-15-22-27-32-37-42-50(53)56-45-49(58-52(55)44-39-34-29-24-18-16-20-25-30-35-40-47(3)4)46-57-51(54)43-38-33-28-23-19-17-21-26-31-36-41-48(5)7-2/h47-49H,6-46H2,1-5H3/t48?,49-/m0/s1. The second-order valence-electron chi connectivity index (χ2n) is 18.5. The van der Waals surface area contributed by atoms with Crippen LogP contribution >= 0.6 is 0 Å². The Morgan fingerprint density at radius 1 is 0.362 bits per heavy atom. The van der Waals surface area contributed by atoms with Crippen molar-refractivity contribution < 1.29 is 28.6 Å². The first-order valence-electron chi connectivity index (χ1n) is 25.8. The fourth-order valence-corrected chi connectivity index (χ4v) is 7.78. The van der Waals surface area contributed by atoms with Crippen LogP contribution in [0.15, 0.2) is 0 Å². The highest BCUT2D eigenvalue weighted by atomic mass is 16.6. The number of rotatable bonds is 46. The third-order valence-corrected chi connectivity index (χ3v) is 12.1. The summed E-state index contributed by atoms with van der Waals surface area (Å²) in [6.07, 6.45) is 45.1. The smallest absolute Gasteiger partial charge is 0.306 e. The molecule has 0 aliphatic carbocycles. The third-order valence-electron chi connectivity index (χ3n) is 12.1. The van der Waals surface area contributed by atoms with Crippen LogP contribution in [-0.4, -0.2) is 37.2 Å². The minimum Gasteiger partial charge on any atom is -0.462 e. The van der Waals surface area contributed by atoms with Crippen molar-refractivity contribution >= 4 is 17.9 Å². The minimum absolute atomic E-state index is 0.0639. The lowest BCUT2D eigenvalue weighted by Crippen LogP contribution is -2.30. The van der Waals surface area contributed by atoms with Gasteiger partial charge in [0, 0.05) is 19.3 Å². The van der Waals surface area contributed by atoms with Gasteiger partial charge in [0.1, 0.15) is 13.2 Å². The summed E-state index contributed by atoms with van der Waals surface area (Å²) >= 11 is 0. The molecular weight excluding hydrogens is 721 g/mol. The third kappa shape index (κ3) is 44.0. The SMILES string of the molecule is CCCCCCCCCCCCCCCC(=O)OC[C@@H](COC(=O)CCCCCCCCCCCCC(C)CC)OC(=O)CCCCCCCCCCCCC(C)C. The van der Waals surface area contributed by atoms with Gasteiger partial charge in [-0.2, -0.15) is 0 Å². The van der Waals surface area contributed by atoms with Crippen molar-refractivity contribution in [3.63, 3.8) is 0 Å². The fraction of sp³-hybridized carbons (Fsp3) is 0.942. The Bertz CT molecular complexity index is 887. The number of esters is 3. The van der Waals surface area contributed by atoms with Crippen LogP contribution in [0.4, 0.5) is 0 Å². The monoisotopic (exact) mass is 821 g/mol. The maximum absolute atomic E-state index is 12.8. The molecule has 0 N–H and O–H groups in total. The second kappa shape index (κ2) is 44.9. The number of carbonyl (C=O) groups excluding carboxylic acids is 3. The van der Waals surface area contributed by atoms with Gasteiger partial charge in [-0.25, -0.2) is 0 Å². The molecule has 0 saturated carbocycles. The summed E-state index contributed by atoms with van der Waals surface area (Å²) in [4.78, 5) is 37.9. The molecular formula is C52H100O6. The number of ether oxygens (including phenoxy) is 3. The molecule has 0 aromatic rings. The van der Waals surface area contributed by atoms with Gasteiger partial charge in [0.15, 0.2) is 6.10 Å². The Hall–Kier alpha value is -1.59. The van der Waals surface area contributed by atoms with E-state index >= 15 is 0 Å². The van der Waals surface area contributed by atoms with Crippen LogP contribution in [0.1, 0.15) is 285 Å². The first-order valence-corrected chi connectivity index (χ1v) is 25.8. The lowest BCUT2D eigenvalue weighted by atomic mass is 9.99. The van der Waals surface area contributed by atoms with Gasteiger partial charge in [-0.05, 0) is 31.1 Å². The van der Waals surface area contributed by atoms with Crippen LogP contribution < -0.4 is 0 Å². The van der Waals surface area contributed by atoms with E-state index in [2.05, 4.69) is 34.6 Å². The van der Waals surface area contributed by atoms with Crippen molar-refractivity contribution in [2.75, 3.05) is 13.2 Å². The maximum Gasteiger partial charge on any atom is 0.306 e. The van der Waals surface area contributed by atoms with Crippen molar-refractivity contribution in [3.05, 3.63) is 0 Å².